The number of likely N-dealkylation sites (tertiary alicyclic amines) is 1. The largest absolute Gasteiger partial charge is 0.457 e. The maximum atomic E-state index is 12.5. The topological polar surface area (TPSA) is 30.7 Å². The lowest BCUT2D eigenvalue weighted by Gasteiger charge is -2.27. The van der Waals surface area contributed by atoms with E-state index in [0.717, 1.165) is 32.2 Å². The molecule has 0 aromatic heterocycles. The second kappa shape index (κ2) is 7.65. The van der Waals surface area contributed by atoms with Gasteiger partial charge in [0, 0.05) is 5.92 Å². The molecule has 2 saturated heterocycles. The van der Waals surface area contributed by atoms with E-state index in [2.05, 4.69) is 26.0 Å². The van der Waals surface area contributed by atoms with E-state index in [4.69, 9.17) is 4.74 Å². The summed E-state index contributed by atoms with van der Waals surface area (Å²) in [6.45, 7) is 7.86. The molecule has 23 heavy (non-hydrogen) atoms. The van der Waals surface area contributed by atoms with Crippen LogP contribution in [0.1, 0.15) is 58.8 Å². The standard InChI is InChI=1S/C20H31NO2/c1-15-7-6-8-16(2)13-19-17(10-9-15)18(20(22)23-19)14-21-11-4-3-5-12-21/h7,13,17-19H,3-6,8-12,14H2,1-2H3/p+1/b15-7+,16-13+/t17-,18-,19-/m0/s1. The summed E-state index contributed by atoms with van der Waals surface area (Å²) in [6, 6.07) is 0. The molecule has 2 aliphatic heterocycles. The average Bonchev–Trinajstić information content (AvgIpc) is 2.81. The van der Waals surface area contributed by atoms with Gasteiger partial charge in [-0.05, 0) is 64.9 Å². The zero-order valence-electron chi connectivity index (χ0n) is 14.8. The molecule has 0 unspecified atom stereocenters. The Labute approximate surface area is 140 Å². The first kappa shape index (κ1) is 16.8. The molecule has 0 aromatic carbocycles. The van der Waals surface area contributed by atoms with Crippen molar-refractivity contribution in [2.45, 2.75) is 64.9 Å². The highest BCUT2D eigenvalue weighted by Gasteiger charge is 2.45. The van der Waals surface area contributed by atoms with Crippen LogP contribution in [-0.4, -0.2) is 31.7 Å². The van der Waals surface area contributed by atoms with Gasteiger partial charge in [-0.15, -0.1) is 0 Å². The van der Waals surface area contributed by atoms with Crippen molar-refractivity contribution in [2.24, 2.45) is 11.8 Å². The van der Waals surface area contributed by atoms with E-state index in [1.54, 1.807) is 4.90 Å². The second-order valence-electron chi connectivity index (χ2n) is 7.83. The minimum atomic E-state index is 0.0163. The molecule has 0 amide bonds. The third-order valence-electron chi connectivity index (χ3n) is 5.92. The number of nitrogens with one attached hydrogen (secondary N) is 1. The Morgan fingerprint density at radius 1 is 1.13 bits per heavy atom. The highest BCUT2D eigenvalue weighted by molar-refractivity contribution is 5.75. The molecule has 3 rings (SSSR count). The van der Waals surface area contributed by atoms with Crippen molar-refractivity contribution in [3.8, 4) is 0 Å². The molecule has 3 nitrogen and oxygen atoms in total. The molecule has 3 atom stereocenters. The van der Waals surface area contributed by atoms with Gasteiger partial charge in [0.25, 0.3) is 0 Å². The molecule has 2 heterocycles. The SMILES string of the molecule is C/C1=C\[C@@H]2OC(=O)[C@@H](C[NH+]3CCCCC3)[C@@H]2CC/C(C)=C/CC1. The maximum Gasteiger partial charge on any atom is 0.315 e. The average molecular weight is 318 g/mol. The predicted octanol–water partition coefficient (Wildman–Crippen LogP) is 2.68. The second-order valence-corrected chi connectivity index (χ2v) is 7.83. The molecule has 1 N–H and O–H groups in total. The van der Waals surface area contributed by atoms with E-state index in [1.165, 1.54) is 43.5 Å². The Morgan fingerprint density at radius 3 is 2.70 bits per heavy atom. The summed E-state index contributed by atoms with van der Waals surface area (Å²) in [5.74, 6) is 0.528. The number of hydrogen-bond acceptors (Lipinski definition) is 2. The molecule has 3 aliphatic rings. The summed E-state index contributed by atoms with van der Waals surface area (Å²) in [7, 11) is 0. The number of hydrogen-bond donors (Lipinski definition) is 1. The highest BCUT2D eigenvalue weighted by atomic mass is 16.6. The van der Waals surface area contributed by atoms with Crippen molar-refractivity contribution in [1.29, 1.82) is 0 Å². The minimum Gasteiger partial charge on any atom is -0.457 e. The Morgan fingerprint density at radius 2 is 1.91 bits per heavy atom. The van der Waals surface area contributed by atoms with Gasteiger partial charge in [-0.1, -0.05) is 17.2 Å². The number of carbonyl (C=O) groups is 1. The Kier molecular flexibility index (Phi) is 5.58. The Bertz CT molecular complexity index is 488. The van der Waals surface area contributed by atoms with Crippen molar-refractivity contribution >= 4 is 5.97 Å². The number of allylic oxidation sites excluding steroid dienone is 3. The van der Waals surface area contributed by atoms with Crippen molar-refractivity contribution in [3.63, 3.8) is 0 Å². The summed E-state index contributed by atoms with van der Waals surface area (Å²) in [6.07, 6.45) is 13.0. The number of fused-ring (bicyclic) bond motifs is 1. The summed E-state index contributed by atoms with van der Waals surface area (Å²) >= 11 is 0. The van der Waals surface area contributed by atoms with Crippen molar-refractivity contribution < 1.29 is 14.4 Å². The van der Waals surface area contributed by atoms with Crippen LogP contribution >= 0.6 is 0 Å². The van der Waals surface area contributed by atoms with Gasteiger partial charge in [0.1, 0.15) is 12.0 Å². The zero-order chi connectivity index (χ0) is 16.2. The summed E-state index contributed by atoms with van der Waals surface area (Å²) < 4.78 is 5.81. The normalized spacial score (nSPS) is 38.0. The fourth-order valence-electron chi connectivity index (χ4n) is 4.44. The quantitative estimate of drug-likeness (QED) is 0.627. The van der Waals surface area contributed by atoms with E-state index in [0.29, 0.717) is 5.92 Å². The molecular weight excluding hydrogens is 286 g/mol. The molecule has 0 bridgehead atoms. The molecule has 0 radical (unpaired) electrons. The highest BCUT2D eigenvalue weighted by Crippen LogP contribution is 2.35. The van der Waals surface area contributed by atoms with Gasteiger partial charge >= 0.3 is 5.97 Å². The van der Waals surface area contributed by atoms with Crippen LogP contribution in [0.2, 0.25) is 0 Å². The van der Waals surface area contributed by atoms with E-state index in [9.17, 15) is 4.79 Å². The first-order chi connectivity index (χ1) is 11.1. The van der Waals surface area contributed by atoms with Crippen LogP contribution in [0.4, 0.5) is 0 Å². The van der Waals surface area contributed by atoms with Gasteiger partial charge in [-0.3, -0.25) is 4.79 Å². The van der Waals surface area contributed by atoms with Crippen LogP contribution in [0.15, 0.2) is 23.3 Å². The van der Waals surface area contributed by atoms with Crippen molar-refractivity contribution in [3.05, 3.63) is 23.3 Å². The molecule has 3 heteroatoms. The van der Waals surface area contributed by atoms with Gasteiger partial charge in [-0.25, -0.2) is 0 Å². The first-order valence-corrected chi connectivity index (χ1v) is 9.50. The van der Waals surface area contributed by atoms with Crippen LogP contribution in [-0.2, 0) is 9.53 Å². The first-order valence-electron chi connectivity index (χ1n) is 9.50. The van der Waals surface area contributed by atoms with E-state index in [1.807, 2.05) is 0 Å². The molecule has 0 spiro atoms. The fourth-order valence-corrected chi connectivity index (χ4v) is 4.44. The summed E-state index contributed by atoms with van der Waals surface area (Å²) in [5, 5.41) is 0. The van der Waals surface area contributed by atoms with E-state index >= 15 is 0 Å². The van der Waals surface area contributed by atoms with Gasteiger partial charge < -0.3 is 9.64 Å². The maximum absolute atomic E-state index is 12.5. The van der Waals surface area contributed by atoms with Crippen molar-refractivity contribution in [1.82, 2.24) is 0 Å². The number of piperidine rings is 1. The zero-order valence-corrected chi connectivity index (χ0v) is 14.8. The van der Waals surface area contributed by atoms with Gasteiger partial charge in [0.05, 0.1) is 19.6 Å². The number of quaternary nitrogens is 1. The number of carbonyl (C=O) groups excluding carboxylic acids is 1. The third-order valence-corrected chi connectivity index (χ3v) is 5.92. The van der Waals surface area contributed by atoms with E-state index < -0.39 is 0 Å². The van der Waals surface area contributed by atoms with E-state index in [-0.39, 0.29) is 18.0 Å². The lowest BCUT2D eigenvalue weighted by atomic mass is 9.83. The van der Waals surface area contributed by atoms with Crippen LogP contribution in [0.5, 0.6) is 0 Å². The Balaban J connectivity index is 1.74. The van der Waals surface area contributed by atoms with Crippen LogP contribution in [0.3, 0.4) is 0 Å². The summed E-state index contributed by atoms with van der Waals surface area (Å²) in [4.78, 5) is 14.1. The van der Waals surface area contributed by atoms with Gasteiger partial charge in [0.15, 0.2) is 0 Å². The lowest BCUT2D eigenvalue weighted by Crippen LogP contribution is -3.13. The molecule has 0 aromatic rings. The molecule has 1 aliphatic carbocycles. The molecular formula is C20H32NO2+. The number of esters is 1. The monoisotopic (exact) mass is 318 g/mol. The smallest absolute Gasteiger partial charge is 0.315 e. The number of ether oxygens (including phenoxy) is 1. The Hall–Kier alpha value is -1.09. The van der Waals surface area contributed by atoms with Gasteiger partial charge in [-0.2, -0.15) is 0 Å². The molecule has 0 saturated carbocycles. The molecule has 128 valence electrons. The van der Waals surface area contributed by atoms with Gasteiger partial charge in [0.2, 0.25) is 0 Å². The van der Waals surface area contributed by atoms with Crippen LogP contribution in [0.25, 0.3) is 0 Å². The summed E-state index contributed by atoms with van der Waals surface area (Å²) in [5.41, 5.74) is 2.84. The molecule has 2 fully saturated rings. The van der Waals surface area contributed by atoms with Crippen molar-refractivity contribution in [2.75, 3.05) is 19.6 Å². The van der Waals surface area contributed by atoms with Crippen LogP contribution < -0.4 is 4.90 Å². The fraction of sp³-hybridized carbons (Fsp3) is 0.750. The number of rotatable bonds is 2. The lowest BCUT2D eigenvalue weighted by molar-refractivity contribution is -0.907. The minimum absolute atomic E-state index is 0.0163. The third kappa shape index (κ3) is 4.26. The van der Waals surface area contributed by atoms with Crippen LogP contribution in [0, 0.1) is 11.8 Å². The predicted molar refractivity (Wildman–Crippen MR) is 92.3 cm³/mol.